The van der Waals surface area contributed by atoms with Gasteiger partial charge in [0, 0.05) is 17.8 Å². The van der Waals surface area contributed by atoms with Crippen molar-refractivity contribution in [2.75, 3.05) is 26.6 Å². The van der Waals surface area contributed by atoms with Crippen LogP contribution in [0.5, 0.6) is 17.2 Å². The van der Waals surface area contributed by atoms with E-state index in [1.165, 1.54) is 39.5 Å². The number of rotatable bonds is 10. The van der Waals surface area contributed by atoms with Gasteiger partial charge < -0.3 is 19.5 Å². The van der Waals surface area contributed by atoms with Crippen molar-refractivity contribution in [2.24, 2.45) is 0 Å². The summed E-state index contributed by atoms with van der Waals surface area (Å²) < 4.78 is 44.4. The van der Waals surface area contributed by atoms with Gasteiger partial charge in [-0.3, -0.25) is 4.79 Å². The minimum atomic E-state index is -4.06. The fraction of sp³-hybridized carbons (Fsp3) is 0.208. The summed E-state index contributed by atoms with van der Waals surface area (Å²) in [5.41, 5.74) is 1.29. The number of nitrogens with one attached hydrogen (secondary N) is 2. The Hall–Kier alpha value is -3.56. The molecule has 0 spiro atoms. The van der Waals surface area contributed by atoms with Gasteiger partial charge in [0.15, 0.2) is 11.5 Å². The van der Waals surface area contributed by atoms with E-state index in [1.54, 1.807) is 24.3 Å². The minimum absolute atomic E-state index is 0.0487. The first-order chi connectivity index (χ1) is 15.9. The van der Waals surface area contributed by atoms with Crippen LogP contribution in [0.15, 0.2) is 77.7 Å². The van der Waals surface area contributed by atoms with E-state index in [1.807, 2.05) is 30.3 Å². The van der Waals surface area contributed by atoms with Gasteiger partial charge in [-0.05, 0) is 36.2 Å². The van der Waals surface area contributed by atoms with E-state index >= 15 is 0 Å². The summed E-state index contributed by atoms with van der Waals surface area (Å²) in [6.07, 6.45) is 0.156. The van der Waals surface area contributed by atoms with E-state index in [0.717, 1.165) is 5.56 Å². The van der Waals surface area contributed by atoms with Crippen molar-refractivity contribution in [2.45, 2.75) is 17.4 Å². The van der Waals surface area contributed by atoms with E-state index in [0.29, 0.717) is 17.2 Å². The van der Waals surface area contributed by atoms with Crippen molar-refractivity contribution in [3.63, 3.8) is 0 Å². The van der Waals surface area contributed by atoms with Crippen molar-refractivity contribution in [1.82, 2.24) is 4.72 Å². The normalized spacial score (nSPS) is 12.0. The molecule has 0 saturated heterocycles. The summed E-state index contributed by atoms with van der Waals surface area (Å²) >= 11 is 0. The van der Waals surface area contributed by atoms with Crippen LogP contribution in [0, 0.1) is 0 Å². The third-order valence-corrected chi connectivity index (χ3v) is 6.37. The minimum Gasteiger partial charge on any atom is -0.497 e. The predicted molar refractivity (Wildman–Crippen MR) is 125 cm³/mol. The van der Waals surface area contributed by atoms with Crippen LogP contribution in [-0.4, -0.2) is 41.7 Å². The molecule has 0 heterocycles. The molecule has 0 aliphatic rings. The monoisotopic (exact) mass is 470 g/mol. The lowest BCUT2D eigenvalue weighted by atomic mass is 10.1. The molecule has 0 bridgehead atoms. The number of hydrogen-bond acceptors (Lipinski definition) is 6. The maximum atomic E-state index is 13.2. The number of methoxy groups -OCH3 is 3. The van der Waals surface area contributed by atoms with Crippen LogP contribution < -0.4 is 24.2 Å². The molecule has 0 radical (unpaired) electrons. The summed E-state index contributed by atoms with van der Waals surface area (Å²) in [6.45, 7) is 0. The van der Waals surface area contributed by atoms with E-state index < -0.39 is 22.0 Å². The molecule has 174 valence electrons. The quantitative estimate of drug-likeness (QED) is 0.472. The SMILES string of the molecule is COc1cccc(NC(=O)[C@H](Cc2ccccc2)NS(=O)(=O)c2ccc(OC)c(OC)c2)c1. The molecule has 9 heteroatoms. The molecular formula is C24H26N2O6S. The molecule has 0 aliphatic heterocycles. The van der Waals surface area contributed by atoms with Crippen molar-refractivity contribution >= 4 is 21.6 Å². The Bertz CT molecular complexity index is 1200. The van der Waals surface area contributed by atoms with Crippen LogP contribution in [0.2, 0.25) is 0 Å². The highest BCUT2D eigenvalue weighted by Gasteiger charge is 2.27. The van der Waals surface area contributed by atoms with E-state index in [9.17, 15) is 13.2 Å². The molecule has 33 heavy (non-hydrogen) atoms. The van der Waals surface area contributed by atoms with E-state index in [4.69, 9.17) is 14.2 Å². The number of amides is 1. The van der Waals surface area contributed by atoms with Crippen LogP contribution in [0.3, 0.4) is 0 Å². The molecule has 0 fully saturated rings. The highest BCUT2D eigenvalue weighted by molar-refractivity contribution is 7.89. The largest absolute Gasteiger partial charge is 0.497 e. The summed E-state index contributed by atoms with van der Waals surface area (Å²) in [6, 6.07) is 19.2. The van der Waals surface area contributed by atoms with Gasteiger partial charge >= 0.3 is 0 Å². The smallest absolute Gasteiger partial charge is 0.242 e. The molecule has 3 aromatic rings. The average Bonchev–Trinajstić information content (AvgIpc) is 2.83. The van der Waals surface area contributed by atoms with Crippen molar-refractivity contribution in [3.8, 4) is 17.2 Å². The van der Waals surface area contributed by atoms with Gasteiger partial charge in [0.25, 0.3) is 0 Å². The Morgan fingerprint density at radius 1 is 0.848 bits per heavy atom. The van der Waals surface area contributed by atoms with Gasteiger partial charge in [-0.15, -0.1) is 0 Å². The zero-order chi connectivity index (χ0) is 23.8. The number of carbonyl (C=O) groups excluding carboxylic acids is 1. The predicted octanol–water partition coefficient (Wildman–Crippen LogP) is 3.24. The summed E-state index contributed by atoms with van der Waals surface area (Å²) in [4.78, 5) is 13.1. The maximum Gasteiger partial charge on any atom is 0.242 e. The molecule has 8 nitrogen and oxygen atoms in total. The van der Waals surface area contributed by atoms with Crippen LogP contribution in [0.25, 0.3) is 0 Å². The molecule has 0 aromatic heterocycles. The molecule has 1 atom stereocenters. The standard InChI is InChI=1S/C24H26N2O6S/c1-30-19-11-7-10-18(15-19)25-24(27)21(14-17-8-5-4-6-9-17)26-33(28,29)20-12-13-22(31-2)23(16-20)32-3/h4-13,15-16,21,26H,14H2,1-3H3,(H,25,27)/t21-/m0/s1. The van der Waals surface area contributed by atoms with Crippen LogP contribution in [0.4, 0.5) is 5.69 Å². The number of hydrogen-bond donors (Lipinski definition) is 2. The van der Waals surface area contributed by atoms with Crippen LogP contribution in [-0.2, 0) is 21.2 Å². The van der Waals surface area contributed by atoms with Gasteiger partial charge in [-0.25, -0.2) is 8.42 Å². The number of benzene rings is 3. The van der Waals surface area contributed by atoms with Crippen molar-refractivity contribution < 1.29 is 27.4 Å². The van der Waals surface area contributed by atoms with Crippen molar-refractivity contribution in [3.05, 3.63) is 78.4 Å². The number of ether oxygens (including phenoxy) is 3. The zero-order valence-electron chi connectivity index (χ0n) is 18.6. The molecule has 3 aromatic carbocycles. The molecule has 0 aliphatic carbocycles. The van der Waals surface area contributed by atoms with E-state index in [-0.39, 0.29) is 17.1 Å². The fourth-order valence-electron chi connectivity index (χ4n) is 3.21. The third kappa shape index (κ3) is 6.24. The lowest BCUT2D eigenvalue weighted by Gasteiger charge is -2.19. The van der Waals surface area contributed by atoms with E-state index in [2.05, 4.69) is 10.0 Å². The number of carbonyl (C=O) groups is 1. The Balaban J connectivity index is 1.89. The molecule has 2 N–H and O–H groups in total. The molecule has 0 saturated carbocycles. The highest BCUT2D eigenvalue weighted by atomic mass is 32.2. The highest BCUT2D eigenvalue weighted by Crippen LogP contribution is 2.29. The van der Waals surface area contributed by atoms with Crippen LogP contribution >= 0.6 is 0 Å². The maximum absolute atomic E-state index is 13.2. The third-order valence-electron chi connectivity index (χ3n) is 4.90. The first-order valence-electron chi connectivity index (χ1n) is 10.1. The first kappa shape index (κ1) is 24.1. The molecule has 3 rings (SSSR count). The van der Waals surface area contributed by atoms with Gasteiger partial charge in [0.1, 0.15) is 11.8 Å². The second-order valence-electron chi connectivity index (χ2n) is 7.10. The second-order valence-corrected chi connectivity index (χ2v) is 8.82. The topological polar surface area (TPSA) is 103 Å². The van der Waals surface area contributed by atoms with Crippen LogP contribution in [0.1, 0.15) is 5.56 Å². The van der Waals surface area contributed by atoms with Gasteiger partial charge in [-0.2, -0.15) is 4.72 Å². The molecule has 0 unspecified atom stereocenters. The second kappa shape index (κ2) is 10.8. The molecule has 1 amide bonds. The summed E-state index contributed by atoms with van der Waals surface area (Å²) in [5.74, 6) is 0.725. The van der Waals surface area contributed by atoms with Crippen molar-refractivity contribution in [1.29, 1.82) is 0 Å². The Morgan fingerprint density at radius 3 is 2.24 bits per heavy atom. The Kier molecular flexibility index (Phi) is 7.92. The number of anilines is 1. The van der Waals surface area contributed by atoms with Gasteiger partial charge in [-0.1, -0.05) is 36.4 Å². The Morgan fingerprint density at radius 2 is 1.58 bits per heavy atom. The first-order valence-corrected chi connectivity index (χ1v) is 11.6. The molecular weight excluding hydrogens is 444 g/mol. The fourth-order valence-corrected chi connectivity index (χ4v) is 4.42. The Labute approximate surface area is 193 Å². The summed E-state index contributed by atoms with van der Waals surface area (Å²) in [7, 11) is 0.345. The average molecular weight is 471 g/mol. The number of sulfonamides is 1. The lowest BCUT2D eigenvalue weighted by Crippen LogP contribution is -2.45. The zero-order valence-corrected chi connectivity index (χ0v) is 19.4. The van der Waals surface area contributed by atoms with Gasteiger partial charge in [0.2, 0.25) is 15.9 Å². The van der Waals surface area contributed by atoms with Gasteiger partial charge in [0.05, 0.1) is 26.2 Å². The summed E-state index contributed by atoms with van der Waals surface area (Å²) in [5, 5.41) is 2.76. The lowest BCUT2D eigenvalue weighted by molar-refractivity contribution is -0.117.